The van der Waals surface area contributed by atoms with E-state index in [4.69, 9.17) is 9.47 Å². The normalized spacial score (nSPS) is 18.0. The molecular formula is C23H23N3O6. The van der Waals surface area contributed by atoms with Gasteiger partial charge in [0.1, 0.15) is 11.7 Å². The maximum Gasteiger partial charge on any atom is 0.414 e. The van der Waals surface area contributed by atoms with Gasteiger partial charge in [0.05, 0.1) is 24.2 Å². The number of amides is 4. The first-order chi connectivity index (χ1) is 15.1. The summed E-state index contributed by atoms with van der Waals surface area (Å²) in [5, 5.41) is 2.63. The fourth-order valence-corrected chi connectivity index (χ4v) is 3.58. The monoisotopic (exact) mass is 437 g/mol. The molecule has 1 atom stereocenters. The molecule has 2 aromatic rings. The number of anilines is 2. The molecule has 0 spiro atoms. The lowest BCUT2D eigenvalue weighted by Crippen LogP contribution is -2.38. The lowest BCUT2D eigenvalue weighted by Gasteiger charge is -2.20. The van der Waals surface area contributed by atoms with E-state index in [1.807, 2.05) is 0 Å². The molecule has 1 saturated heterocycles. The van der Waals surface area contributed by atoms with Crippen LogP contribution in [-0.2, 0) is 9.47 Å². The van der Waals surface area contributed by atoms with E-state index in [2.05, 4.69) is 5.32 Å². The molecule has 0 aromatic heterocycles. The Hall–Kier alpha value is -3.88. The van der Waals surface area contributed by atoms with Gasteiger partial charge in [-0.1, -0.05) is 12.1 Å². The minimum atomic E-state index is -0.649. The third-order valence-electron chi connectivity index (χ3n) is 4.96. The van der Waals surface area contributed by atoms with Crippen LogP contribution in [0.4, 0.5) is 21.0 Å². The summed E-state index contributed by atoms with van der Waals surface area (Å²) in [5.74, 6) is -0.782. The number of nitrogens with one attached hydrogen (secondary N) is 1. The van der Waals surface area contributed by atoms with E-state index in [1.54, 1.807) is 69.3 Å². The molecule has 2 aromatic carbocycles. The van der Waals surface area contributed by atoms with Gasteiger partial charge in [-0.3, -0.25) is 24.7 Å². The molecule has 0 bridgehead atoms. The number of hydrogen-bond acceptors (Lipinski definition) is 6. The number of nitrogens with zero attached hydrogens (tertiary/aromatic N) is 2. The number of imide groups is 1. The molecule has 166 valence electrons. The zero-order chi connectivity index (χ0) is 23.0. The Kier molecular flexibility index (Phi) is 5.33. The van der Waals surface area contributed by atoms with Gasteiger partial charge in [0.2, 0.25) is 0 Å². The molecule has 2 aliphatic rings. The van der Waals surface area contributed by atoms with E-state index in [1.165, 1.54) is 4.90 Å². The average Bonchev–Trinajstić information content (AvgIpc) is 3.20. The van der Waals surface area contributed by atoms with Crippen molar-refractivity contribution in [1.29, 1.82) is 0 Å². The lowest BCUT2D eigenvalue weighted by molar-refractivity contribution is 0.0557. The molecule has 4 amide bonds. The molecule has 9 heteroatoms. The summed E-state index contributed by atoms with van der Waals surface area (Å²) in [6.45, 7) is 5.48. The summed E-state index contributed by atoms with van der Waals surface area (Å²) in [4.78, 5) is 51.9. The average molecular weight is 437 g/mol. The smallest absolute Gasteiger partial charge is 0.414 e. The van der Waals surface area contributed by atoms with Crippen LogP contribution >= 0.6 is 0 Å². The molecule has 2 heterocycles. The first-order valence-corrected chi connectivity index (χ1v) is 10.2. The summed E-state index contributed by atoms with van der Waals surface area (Å²) in [5.41, 5.74) is 1.17. The van der Waals surface area contributed by atoms with Crippen molar-refractivity contribution in [3.8, 4) is 0 Å². The van der Waals surface area contributed by atoms with Crippen molar-refractivity contribution in [2.75, 3.05) is 23.3 Å². The highest BCUT2D eigenvalue weighted by atomic mass is 16.6. The molecule has 0 unspecified atom stereocenters. The Morgan fingerprint density at radius 2 is 1.62 bits per heavy atom. The number of fused-ring (bicyclic) bond motifs is 1. The van der Waals surface area contributed by atoms with Crippen LogP contribution in [0.25, 0.3) is 0 Å². The van der Waals surface area contributed by atoms with Crippen LogP contribution in [0.15, 0.2) is 48.5 Å². The minimum absolute atomic E-state index is 0.0210. The largest absolute Gasteiger partial charge is 0.444 e. The SMILES string of the molecule is CC(C)(C)OC(=O)Nc1ccc(N2C[C@H](CN3C(=O)c4ccccc4C3=O)OC2=O)cc1. The van der Waals surface area contributed by atoms with Crippen LogP contribution in [0.5, 0.6) is 0 Å². The molecule has 0 saturated carbocycles. The number of hydrogen-bond donors (Lipinski definition) is 1. The van der Waals surface area contributed by atoms with Gasteiger partial charge in [-0.05, 0) is 57.2 Å². The third-order valence-corrected chi connectivity index (χ3v) is 4.96. The van der Waals surface area contributed by atoms with Crippen LogP contribution in [0.3, 0.4) is 0 Å². The zero-order valence-electron chi connectivity index (χ0n) is 18.0. The lowest BCUT2D eigenvalue weighted by atomic mass is 10.1. The Morgan fingerprint density at radius 3 is 2.19 bits per heavy atom. The second kappa shape index (κ2) is 7.99. The summed E-state index contributed by atoms with van der Waals surface area (Å²) < 4.78 is 10.6. The van der Waals surface area contributed by atoms with Gasteiger partial charge >= 0.3 is 12.2 Å². The molecular weight excluding hydrogens is 414 g/mol. The van der Waals surface area contributed by atoms with Gasteiger partial charge in [-0.15, -0.1) is 0 Å². The maximum atomic E-state index is 12.5. The molecule has 4 rings (SSSR count). The number of carbonyl (C=O) groups excluding carboxylic acids is 4. The van der Waals surface area contributed by atoms with Crippen LogP contribution in [0, 0.1) is 0 Å². The Labute approximate surface area is 184 Å². The van der Waals surface area contributed by atoms with Gasteiger partial charge in [-0.2, -0.15) is 0 Å². The van der Waals surface area contributed by atoms with Crippen molar-refractivity contribution < 1.29 is 28.7 Å². The first kappa shape index (κ1) is 21.4. The topological polar surface area (TPSA) is 105 Å². The summed E-state index contributed by atoms with van der Waals surface area (Å²) in [6, 6.07) is 13.2. The van der Waals surface area contributed by atoms with Gasteiger partial charge in [0, 0.05) is 11.4 Å². The number of carbonyl (C=O) groups is 4. The standard InChI is InChI=1S/C23H23N3O6/c1-23(2,3)32-21(29)24-14-8-10-15(11-9-14)25-12-16(31-22(25)30)13-26-19(27)17-6-4-5-7-18(17)20(26)28/h4-11,16H,12-13H2,1-3H3,(H,24,29)/t16-/m1/s1. The van der Waals surface area contributed by atoms with E-state index in [-0.39, 0.29) is 13.1 Å². The zero-order valence-corrected chi connectivity index (χ0v) is 18.0. The summed E-state index contributed by atoms with van der Waals surface area (Å²) >= 11 is 0. The second-order valence-corrected chi connectivity index (χ2v) is 8.56. The van der Waals surface area contributed by atoms with E-state index >= 15 is 0 Å². The quantitative estimate of drug-likeness (QED) is 0.732. The predicted octanol–water partition coefficient (Wildman–Crippen LogP) is 3.66. The predicted molar refractivity (Wildman–Crippen MR) is 116 cm³/mol. The molecule has 32 heavy (non-hydrogen) atoms. The van der Waals surface area contributed by atoms with Crippen molar-refractivity contribution >= 4 is 35.4 Å². The Morgan fingerprint density at radius 1 is 1.03 bits per heavy atom. The highest BCUT2D eigenvalue weighted by molar-refractivity contribution is 6.21. The third kappa shape index (κ3) is 4.27. The minimum Gasteiger partial charge on any atom is -0.444 e. The van der Waals surface area contributed by atoms with Gasteiger partial charge in [-0.25, -0.2) is 9.59 Å². The number of cyclic esters (lactones) is 1. The summed E-state index contributed by atoms with van der Waals surface area (Å²) in [6.07, 6.45) is -1.80. The number of rotatable bonds is 4. The van der Waals surface area contributed by atoms with Crippen LogP contribution in [0.2, 0.25) is 0 Å². The molecule has 0 aliphatic carbocycles. The van der Waals surface area contributed by atoms with Crippen molar-refractivity contribution in [2.24, 2.45) is 0 Å². The van der Waals surface area contributed by atoms with Gasteiger partial charge in [0.15, 0.2) is 0 Å². The van der Waals surface area contributed by atoms with Crippen molar-refractivity contribution in [3.63, 3.8) is 0 Å². The van der Waals surface area contributed by atoms with E-state index in [0.717, 1.165) is 4.90 Å². The fraction of sp³-hybridized carbons (Fsp3) is 0.304. The van der Waals surface area contributed by atoms with Gasteiger partial charge in [0.25, 0.3) is 11.8 Å². The van der Waals surface area contributed by atoms with Crippen molar-refractivity contribution in [1.82, 2.24) is 4.90 Å². The highest BCUT2D eigenvalue weighted by Gasteiger charge is 2.40. The van der Waals surface area contributed by atoms with Crippen LogP contribution in [0.1, 0.15) is 41.5 Å². The molecule has 2 aliphatic heterocycles. The van der Waals surface area contributed by atoms with Gasteiger partial charge < -0.3 is 9.47 Å². The van der Waals surface area contributed by atoms with E-state index in [9.17, 15) is 19.2 Å². The maximum absolute atomic E-state index is 12.5. The Bertz CT molecular complexity index is 1050. The Balaban J connectivity index is 1.39. The van der Waals surface area contributed by atoms with Crippen molar-refractivity contribution in [3.05, 3.63) is 59.7 Å². The van der Waals surface area contributed by atoms with E-state index < -0.39 is 35.7 Å². The highest BCUT2D eigenvalue weighted by Crippen LogP contribution is 2.27. The summed E-state index contributed by atoms with van der Waals surface area (Å²) in [7, 11) is 0. The first-order valence-electron chi connectivity index (χ1n) is 10.2. The number of benzene rings is 2. The molecule has 0 radical (unpaired) electrons. The van der Waals surface area contributed by atoms with Crippen LogP contribution < -0.4 is 10.2 Å². The molecule has 9 nitrogen and oxygen atoms in total. The second-order valence-electron chi connectivity index (χ2n) is 8.56. The number of ether oxygens (including phenoxy) is 2. The fourth-order valence-electron chi connectivity index (χ4n) is 3.58. The van der Waals surface area contributed by atoms with Crippen molar-refractivity contribution in [2.45, 2.75) is 32.5 Å². The van der Waals surface area contributed by atoms with E-state index in [0.29, 0.717) is 22.5 Å². The molecule has 1 fully saturated rings. The van der Waals surface area contributed by atoms with Crippen LogP contribution in [-0.4, -0.2) is 53.7 Å². The molecule has 1 N–H and O–H groups in total.